The molecule has 1 aromatic rings. The maximum Gasteiger partial charge on any atom is 0.310 e. The summed E-state index contributed by atoms with van der Waals surface area (Å²) in [6.45, 7) is 0.723. The van der Waals surface area contributed by atoms with Gasteiger partial charge in [0.15, 0.2) is 0 Å². The van der Waals surface area contributed by atoms with Crippen LogP contribution in [0, 0.1) is 17.8 Å². The smallest absolute Gasteiger partial charge is 0.310 e. The molecular formula is C19H25NO2. The molecule has 0 saturated heterocycles. The number of rotatable bonds is 5. The standard InChI is InChI=1S/C19H25NO2/c1-20(2)13-5-8-15-9-11-17(12-10-15)18(19(21)22)14-16-6-3-4-7-16/h9-12,16,18H,3-4,6-7,13-14H2,1-2H3,(H,21,22). The molecule has 1 aliphatic carbocycles. The summed E-state index contributed by atoms with van der Waals surface area (Å²) in [6, 6.07) is 7.71. The lowest BCUT2D eigenvalue weighted by atomic mass is 9.87. The third kappa shape index (κ3) is 4.89. The zero-order valence-electron chi connectivity index (χ0n) is 13.5. The van der Waals surface area contributed by atoms with E-state index >= 15 is 0 Å². The molecule has 1 aromatic carbocycles. The third-order valence-electron chi connectivity index (χ3n) is 4.28. The van der Waals surface area contributed by atoms with E-state index in [4.69, 9.17) is 0 Å². The second kappa shape index (κ2) is 8.00. The minimum Gasteiger partial charge on any atom is -0.481 e. The highest BCUT2D eigenvalue weighted by molar-refractivity contribution is 5.76. The van der Waals surface area contributed by atoms with Gasteiger partial charge in [0, 0.05) is 5.56 Å². The average Bonchev–Trinajstić information content (AvgIpc) is 2.98. The van der Waals surface area contributed by atoms with Crippen molar-refractivity contribution in [3.05, 3.63) is 35.4 Å². The average molecular weight is 299 g/mol. The maximum absolute atomic E-state index is 11.6. The van der Waals surface area contributed by atoms with Crippen molar-refractivity contribution in [2.75, 3.05) is 20.6 Å². The number of benzene rings is 1. The summed E-state index contributed by atoms with van der Waals surface area (Å²) in [6.07, 6.45) is 5.62. The van der Waals surface area contributed by atoms with Crippen molar-refractivity contribution in [1.29, 1.82) is 0 Å². The van der Waals surface area contributed by atoms with Crippen LogP contribution in [0.5, 0.6) is 0 Å². The van der Waals surface area contributed by atoms with Gasteiger partial charge in [-0.1, -0.05) is 49.7 Å². The van der Waals surface area contributed by atoms with E-state index in [1.807, 2.05) is 43.3 Å². The Morgan fingerprint density at radius 1 is 1.27 bits per heavy atom. The minimum atomic E-state index is -0.710. The Bertz CT molecular complexity index is 545. The molecule has 1 saturated carbocycles. The molecule has 0 aromatic heterocycles. The first-order chi connectivity index (χ1) is 10.6. The second-order valence-corrected chi connectivity index (χ2v) is 6.44. The molecule has 0 aliphatic heterocycles. The summed E-state index contributed by atoms with van der Waals surface area (Å²) in [5.74, 6) is 5.67. The molecule has 0 heterocycles. The number of hydrogen-bond donors (Lipinski definition) is 1. The van der Waals surface area contributed by atoms with Gasteiger partial charge in [-0.3, -0.25) is 9.69 Å². The molecule has 0 radical (unpaired) electrons. The van der Waals surface area contributed by atoms with E-state index in [2.05, 4.69) is 11.8 Å². The molecule has 1 N–H and O–H groups in total. The van der Waals surface area contributed by atoms with Crippen LogP contribution < -0.4 is 0 Å². The molecule has 22 heavy (non-hydrogen) atoms. The van der Waals surface area contributed by atoms with Gasteiger partial charge in [-0.15, -0.1) is 0 Å². The van der Waals surface area contributed by atoms with E-state index in [0.717, 1.165) is 24.1 Å². The van der Waals surface area contributed by atoms with Gasteiger partial charge in [-0.05, 0) is 44.1 Å². The highest BCUT2D eigenvalue weighted by Crippen LogP contribution is 2.34. The van der Waals surface area contributed by atoms with Crippen molar-refractivity contribution in [1.82, 2.24) is 4.90 Å². The minimum absolute atomic E-state index is 0.383. The number of aliphatic carboxylic acids is 1. The summed E-state index contributed by atoms with van der Waals surface area (Å²) in [5.41, 5.74) is 1.84. The molecule has 0 amide bonds. The Hall–Kier alpha value is -1.79. The van der Waals surface area contributed by atoms with Gasteiger partial charge >= 0.3 is 5.97 Å². The summed E-state index contributed by atoms with van der Waals surface area (Å²) >= 11 is 0. The third-order valence-corrected chi connectivity index (χ3v) is 4.28. The van der Waals surface area contributed by atoms with E-state index < -0.39 is 5.97 Å². The van der Waals surface area contributed by atoms with Crippen molar-refractivity contribution < 1.29 is 9.90 Å². The van der Waals surface area contributed by atoms with Gasteiger partial charge < -0.3 is 5.11 Å². The quantitative estimate of drug-likeness (QED) is 0.848. The molecule has 0 bridgehead atoms. The van der Waals surface area contributed by atoms with E-state index in [9.17, 15) is 9.90 Å². The topological polar surface area (TPSA) is 40.5 Å². The number of hydrogen-bond acceptors (Lipinski definition) is 2. The first-order valence-corrected chi connectivity index (χ1v) is 8.02. The molecule has 3 heteroatoms. The predicted molar refractivity (Wildman–Crippen MR) is 88.8 cm³/mol. The van der Waals surface area contributed by atoms with E-state index in [1.54, 1.807) is 0 Å². The number of nitrogens with zero attached hydrogens (tertiary/aromatic N) is 1. The van der Waals surface area contributed by atoms with E-state index in [-0.39, 0.29) is 5.92 Å². The van der Waals surface area contributed by atoms with Gasteiger partial charge in [0.1, 0.15) is 0 Å². The maximum atomic E-state index is 11.6. The van der Waals surface area contributed by atoms with Gasteiger partial charge in [-0.25, -0.2) is 0 Å². The summed E-state index contributed by atoms with van der Waals surface area (Å²) in [7, 11) is 3.97. The highest BCUT2D eigenvalue weighted by atomic mass is 16.4. The van der Waals surface area contributed by atoms with Crippen LogP contribution in [0.3, 0.4) is 0 Å². The van der Waals surface area contributed by atoms with Crippen LogP contribution in [0.1, 0.15) is 49.1 Å². The molecule has 0 spiro atoms. The van der Waals surface area contributed by atoms with Crippen LogP contribution in [0.25, 0.3) is 0 Å². The number of carboxylic acid groups (broad SMARTS) is 1. The molecule has 3 nitrogen and oxygen atoms in total. The summed E-state index contributed by atoms with van der Waals surface area (Å²) in [4.78, 5) is 13.6. The predicted octanol–water partition coefficient (Wildman–Crippen LogP) is 3.35. The lowest BCUT2D eigenvalue weighted by molar-refractivity contribution is -0.139. The molecular weight excluding hydrogens is 274 g/mol. The molecule has 1 unspecified atom stereocenters. The van der Waals surface area contributed by atoms with Gasteiger partial charge in [-0.2, -0.15) is 0 Å². The summed E-state index contributed by atoms with van der Waals surface area (Å²) in [5, 5.41) is 9.53. The van der Waals surface area contributed by atoms with Gasteiger partial charge in [0.2, 0.25) is 0 Å². The fourth-order valence-electron chi connectivity index (χ4n) is 3.06. The second-order valence-electron chi connectivity index (χ2n) is 6.44. The Kier molecular flexibility index (Phi) is 6.03. The van der Waals surface area contributed by atoms with Crippen molar-refractivity contribution in [3.63, 3.8) is 0 Å². The van der Waals surface area contributed by atoms with Crippen molar-refractivity contribution in [2.45, 2.75) is 38.0 Å². The fraction of sp³-hybridized carbons (Fsp3) is 0.526. The number of carbonyl (C=O) groups is 1. The van der Waals surface area contributed by atoms with Crippen molar-refractivity contribution in [2.24, 2.45) is 5.92 Å². The van der Waals surface area contributed by atoms with Crippen molar-refractivity contribution in [3.8, 4) is 11.8 Å². The monoisotopic (exact) mass is 299 g/mol. The van der Waals surface area contributed by atoms with Crippen LogP contribution in [-0.4, -0.2) is 36.6 Å². The lowest BCUT2D eigenvalue weighted by Crippen LogP contribution is -2.15. The van der Waals surface area contributed by atoms with Crippen LogP contribution in [0.15, 0.2) is 24.3 Å². The zero-order chi connectivity index (χ0) is 15.9. The Balaban J connectivity index is 2.04. The van der Waals surface area contributed by atoms with Gasteiger partial charge in [0.05, 0.1) is 12.5 Å². The first kappa shape index (κ1) is 16.6. The fourth-order valence-corrected chi connectivity index (χ4v) is 3.06. The van der Waals surface area contributed by atoms with Crippen LogP contribution in [0.4, 0.5) is 0 Å². The Morgan fingerprint density at radius 3 is 2.45 bits per heavy atom. The highest BCUT2D eigenvalue weighted by Gasteiger charge is 2.26. The SMILES string of the molecule is CN(C)CC#Cc1ccc(C(CC2CCCC2)C(=O)O)cc1. The van der Waals surface area contributed by atoms with Crippen LogP contribution in [0.2, 0.25) is 0 Å². The molecule has 2 rings (SSSR count). The molecule has 1 atom stereocenters. The normalized spacial score (nSPS) is 16.3. The van der Waals surface area contributed by atoms with E-state index in [1.165, 1.54) is 25.7 Å². The molecule has 118 valence electrons. The van der Waals surface area contributed by atoms with Crippen LogP contribution in [-0.2, 0) is 4.79 Å². The molecule has 1 fully saturated rings. The Morgan fingerprint density at radius 2 is 1.91 bits per heavy atom. The van der Waals surface area contributed by atoms with Gasteiger partial charge in [0.25, 0.3) is 0 Å². The number of carboxylic acids is 1. The van der Waals surface area contributed by atoms with Crippen molar-refractivity contribution >= 4 is 5.97 Å². The lowest BCUT2D eigenvalue weighted by Gasteiger charge is -2.17. The largest absolute Gasteiger partial charge is 0.481 e. The Labute approximate surface area is 133 Å². The molecule has 1 aliphatic rings. The zero-order valence-corrected chi connectivity index (χ0v) is 13.5. The summed E-state index contributed by atoms with van der Waals surface area (Å²) < 4.78 is 0. The van der Waals surface area contributed by atoms with Crippen LogP contribution >= 0.6 is 0 Å². The van der Waals surface area contributed by atoms with E-state index in [0.29, 0.717) is 5.92 Å². The first-order valence-electron chi connectivity index (χ1n) is 8.02.